The van der Waals surface area contributed by atoms with Crippen molar-refractivity contribution in [2.24, 2.45) is 0 Å². The predicted octanol–water partition coefficient (Wildman–Crippen LogP) is 1.23. The van der Waals surface area contributed by atoms with Crippen LogP contribution >= 0.6 is 0 Å². The molecule has 0 aliphatic heterocycles. The van der Waals surface area contributed by atoms with Gasteiger partial charge in [-0.05, 0) is 18.6 Å². The Bertz CT molecular complexity index is 549. The first-order valence-electron chi connectivity index (χ1n) is 6.04. The first kappa shape index (κ1) is 15.5. The van der Waals surface area contributed by atoms with Crippen molar-refractivity contribution < 1.29 is 19.4 Å². The molecule has 6 nitrogen and oxygen atoms in total. The number of nitrogens with zero attached hydrogens (tertiary/aromatic N) is 2. The molecular weight excluding hydrogens is 260 g/mol. The summed E-state index contributed by atoms with van der Waals surface area (Å²) in [5, 5.41) is 18.1. The van der Waals surface area contributed by atoms with Gasteiger partial charge in [-0.3, -0.25) is 4.79 Å². The molecule has 1 N–H and O–H groups in total. The van der Waals surface area contributed by atoms with Crippen molar-refractivity contribution in [3.8, 4) is 11.8 Å². The lowest BCUT2D eigenvalue weighted by molar-refractivity contribution is -0.133. The number of esters is 1. The number of phenolic OH excluding ortho intramolecular Hbond substituents is 1. The van der Waals surface area contributed by atoms with Crippen LogP contribution in [-0.4, -0.2) is 42.1 Å². The van der Waals surface area contributed by atoms with Crippen LogP contribution in [0.2, 0.25) is 0 Å². The van der Waals surface area contributed by atoms with Gasteiger partial charge in [0.2, 0.25) is 0 Å². The van der Waals surface area contributed by atoms with E-state index in [1.165, 1.54) is 18.0 Å². The van der Waals surface area contributed by atoms with Crippen LogP contribution in [0, 0.1) is 18.3 Å². The molecule has 0 bridgehead atoms. The molecule has 0 radical (unpaired) electrons. The number of para-hydroxylation sites is 1. The summed E-state index contributed by atoms with van der Waals surface area (Å²) in [4.78, 5) is 24.7. The summed E-state index contributed by atoms with van der Waals surface area (Å²) in [5.74, 6) is -1.31. The molecule has 0 saturated heterocycles. The zero-order valence-corrected chi connectivity index (χ0v) is 11.4. The summed E-state index contributed by atoms with van der Waals surface area (Å²) >= 11 is 0. The molecule has 0 aliphatic rings. The number of hydrogen-bond acceptors (Lipinski definition) is 5. The topological polar surface area (TPSA) is 90.6 Å². The van der Waals surface area contributed by atoms with Crippen molar-refractivity contribution in [1.29, 1.82) is 5.26 Å². The number of phenols is 1. The fourth-order valence-corrected chi connectivity index (χ4v) is 1.48. The standard InChI is InChI=1S/C14H16N2O4/c1-10-5-3-6-11(13(10)18)14(19)20-9-12(17)16(2)8-4-7-15/h3,5-6,18H,4,8-9H2,1-2H3. The highest BCUT2D eigenvalue weighted by Gasteiger charge is 2.16. The zero-order chi connectivity index (χ0) is 15.1. The normalized spacial score (nSPS) is 9.65. The van der Waals surface area contributed by atoms with Gasteiger partial charge in [0.15, 0.2) is 6.61 Å². The molecule has 1 aromatic rings. The van der Waals surface area contributed by atoms with Gasteiger partial charge in [0.25, 0.3) is 5.91 Å². The van der Waals surface area contributed by atoms with E-state index in [0.29, 0.717) is 5.56 Å². The molecule has 1 amide bonds. The number of hydrogen-bond donors (Lipinski definition) is 1. The Hall–Kier alpha value is -2.55. The van der Waals surface area contributed by atoms with E-state index >= 15 is 0 Å². The van der Waals surface area contributed by atoms with Crippen molar-refractivity contribution in [3.05, 3.63) is 29.3 Å². The molecule has 0 spiro atoms. The maximum atomic E-state index is 11.8. The van der Waals surface area contributed by atoms with Gasteiger partial charge in [-0.25, -0.2) is 4.79 Å². The Kier molecular flexibility index (Phi) is 5.54. The SMILES string of the molecule is Cc1cccc(C(=O)OCC(=O)N(C)CCC#N)c1O. The second kappa shape index (κ2) is 7.14. The number of amides is 1. The zero-order valence-electron chi connectivity index (χ0n) is 11.4. The average molecular weight is 276 g/mol. The van der Waals surface area contributed by atoms with E-state index in [4.69, 9.17) is 10.00 Å². The Balaban J connectivity index is 2.58. The third-order valence-electron chi connectivity index (χ3n) is 2.77. The van der Waals surface area contributed by atoms with E-state index in [1.807, 2.05) is 6.07 Å². The number of carbonyl (C=O) groups is 2. The van der Waals surface area contributed by atoms with Crippen LogP contribution in [0.4, 0.5) is 0 Å². The number of likely N-dealkylation sites (N-methyl/N-ethyl adjacent to an activating group) is 1. The minimum atomic E-state index is -0.756. The molecule has 106 valence electrons. The van der Waals surface area contributed by atoms with E-state index in [0.717, 1.165) is 0 Å². The molecule has 6 heteroatoms. The molecule has 0 heterocycles. The minimum Gasteiger partial charge on any atom is -0.507 e. The fourth-order valence-electron chi connectivity index (χ4n) is 1.48. The van der Waals surface area contributed by atoms with Crippen LogP contribution in [0.3, 0.4) is 0 Å². The molecule has 20 heavy (non-hydrogen) atoms. The largest absolute Gasteiger partial charge is 0.507 e. The molecular formula is C14H16N2O4. The molecule has 0 saturated carbocycles. The Morgan fingerprint density at radius 3 is 2.80 bits per heavy atom. The molecule has 0 atom stereocenters. The molecule has 0 aromatic heterocycles. The third-order valence-corrected chi connectivity index (χ3v) is 2.77. The van der Waals surface area contributed by atoms with Crippen molar-refractivity contribution in [3.63, 3.8) is 0 Å². The molecule has 0 unspecified atom stereocenters. The van der Waals surface area contributed by atoms with Crippen molar-refractivity contribution in [2.45, 2.75) is 13.3 Å². The Morgan fingerprint density at radius 1 is 1.45 bits per heavy atom. The molecule has 1 rings (SSSR count). The highest BCUT2D eigenvalue weighted by molar-refractivity contribution is 5.94. The lowest BCUT2D eigenvalue weighted by atomic mass is 10.1. The summed E-state index contributed by atoms with van der Waals surface area (Å²) < 4.78 is 4.85. The summed E-state index contributed by atoms with van der Waals surface area (Å²) in [7, 11) is 1.53. The summed E-state index contributed by atoms with van der Waals surface area (Å²) in [6.07, 6.45) is 0.217. The maximum absolute atomic E-state index is 11.8. The van der Waals surface area contributed by atoms with E-state index in [2.05, 4.69) is 0 Å². The number of rotatable bonds is 5. The van der Waals surface area contributed by atoms with Crippen LogP contribution < -0.4 is 0 Å². The molecule has 1 aromatic carbocycles. The molecule has 0 fully saturated rings. The quantitative estimate of drug-likeness (QED) is 0.817. The monoisotopic (exact) mass is 276 g/mol. The van der Waals surface area contributed by atoms with Gasteiger partial charge in [-0.1, -0.05) is 12.1 Å². The van der Waals surface area contributed by atoms with Crippen molar-refractivity contribution >= 4 is 11.9 Å². The summed E-state index contributed by atoms with van der Waals surface area (Å²) in [6.45, 7) is 1.52. The lowest BCUT2D eigenvalue weighted by Gasteiger charge is -2.15. The van der Waals surface area contributed by atoms with Gasteiger partial charge in [-0.2, -0.15) is 5.26 Å². The first-order chi connectivity index (χ1) is 9.47. The van der Waals surface area contributed by atoms with E-state index < -0.39 is 18.5 Å². The van der Waals surface area contributed by atoms with Gasteiger partial charge < -0.3 is 14.7 Å². The number of ether oxygens (including phenoxy) is 1. The second-order valence-corrected chi connectivity index (χ2v) is 4.27. The minimum absolute atomic E-state index is 0.0254. The fraction of sp³-hybridized carbons (Fsp3) is 0.357. The van der Waals surface area contributed by atoms with Crippen LogP contribution in [0.5, 0.6) is 5.75 Å². The van der Waals surface area contributed by atoms with Gasteiger partial charge in [-0.15, -0.1) is 0 Å². The Morgan fingerprint density at radius 2 is 2.15 bits per heavy atom. The van der Waals surface area contributed by atoms with Gasteiger partial charge >= 0.3 is 5.97 Å². The summed E-state index contributed by atoms with van der Waals surface area (Å²) in [5.41, 5.74) is 0.578. The average Bonchev–Trinajstić information content (AvgIpc) is 2.44. The first-order valence-corrected chi connectivity index (χ1v) is 6.04. The van der Waals surface area contributed by atoms with Crippen molar-refractivity contribution in [2.75, 3.05) is 20.2 Å². The number of aryl methyl sites for hydroxylation is 1. The van der Waals surface area contributed by atoms with Gasteiger partial charge in [0.1, 0.15) is 11.3 Å². The highest BCUT2D eigenvalue weighted by atomic mass is 16.5. The second-order valence-electron chi connectivity index (χ2n) is 4.27. The van der Waals surface area contributed by atoms with Gasteiger partial charge in [0, 0.05) is 13.6 Å². The van der Waals surface area contributed by atoms with Gasteiger partial charge in [0.05, 0.1) is 12.5 Å². The highest BCUT2D eigenvalue weighted by Crippen LogP contribution is 2.21. The van der Waals surface area contributed by atoms with E-state index in [9.17, 15) is 14.7 Å². The van der Waals surface area contributed by atoms with E-state index in [1.54, 1.807) is 19.1 Å². The lowest BCUT2D eigenvalue weighted by Crippen LogP contribution is -2.31. The van der Waals surface area contributed by atoms with Crippen LogP contribution in [0.15, 0.2) is 18.2 Å². The number of nitriles is 1. The predicted molar refractivity (Wildman–Crippen MR) is 71.0 cm³/mol. The van der Waals surface area contributed by atoms with Crippen LogP contribution in [-0.2, 0) is 9.53 Å². The molecule has 0 aliphatic carbocycles. The smallest absolute Gasteiger partial charge is 0.342 e. The number of carbonyl (C=O) groups excluding carboxylic acids is 2. The number of aromatic hydroxyl groups is 1. The number of benzene rings is 1. The van der Waals surface area contributed by atoms with Crippen molar-refractivity contribution in [1.82, 2.24) is 4.90 Å². The third kappa shape index (κ3) is 3.99. The Labute approximate surface area is 117 Å². The maximum Gasteiger partial charge on any atom is 0.342 e. The summed E-state index contributed by atoms with van der Waals surface area (Å²) in [6, 6.07) is 6.63. The van der Waals surface area contributed by atoms with Crippen LogP contribution in [0.25, 0.3) is 0 Å². The van der Waals surface area contributed by atoms with Crippen LogP contribution in [0.1, 0.15) is 22.3 Å². The van der Waals surface area contributed by atoms with E-state index in [-0.39, 0.29) is 24.3 Å².